The van der Waals surface area contributed by atoms with E-state index in [0.29, 0.717) is 11.7 Å². The van der Waals surface area contributed by atoms with E-state index in [1.807, 2.05) is 6.07 Å². The Morgan fingerprint density at radius 2 is 2.16 bits per heavy atom. The molecule has 5 nitrogen and oxygen atoms in total. The minimum atomic E-state index is -2.40. The van der Waals surface area contributed by atoms with Crippen molar-refractivity contribution in [1.82, 2.24) is 4.98 Å². The zero-order chi connectivity index (χ0) is 17.8. The average Bonchev–Trinajstić information content (AvgIpc) is 2.46. The monoisotopic (exact) mass is 363 g/mol. The van der Waals surface area contributed by atoms with Gasteiger partial charge < -0.3 is 9.64 Å². The van der Waals surface area contributed by atoms with E-state index in [1.54, 1.807) is 12.3 Å². The fourth-order valence-corrected chi connectivity index (χ4v) is 5.62. The SMILES string of the molecule is COc1cc2nccc(N3CC4(CC(C[S@](C)(=N)=O)C4)C3)c2cc1F. The van der Waals surface area contributed by atoms with Crippen molar-refractivity contribution < 1.29 is 13.3 Å². The number of ether oxygens (including phenoxy) is 1. The van der Waals surface area contributed by atoms with Crippen molar-refractivity contribution >= 4 is 26.3 Å². The van der Waals surface area contributed by atoms with Gasteiger partial charge >= 0.3 is 0 Å². The molecule has 2 heterocycles. The first-order chi connectivity index (χ1) is 11.8. The average molecular weight is 363 g/mol. The molecule has 0 bridgehead atoms. The Balaban J connectivity index is 1.51. The molecule has 2 fully saturated rings. The molecule has 1 aromatic heterocycles. The maximum absolute atomic E-state index is 14.1. The van der Waals surface area contributed by atoms with Gasteiger partial charge in [0, 0.05) is 63.6 Å². The van der Waals surface area contributed by atoms with E-state index < -0.39 is 9.73 Å². The maximum atomic E-state index is 14.1. The summed E-state index contributed by atoms with van der Waals surface area (Å²) in [5.74, 6) is 0.750. The third kappa shape index (κ3) is 2.94. The van der Waals surface area contributed by atoms with Crippen LogP contribution in [0.25, 0.3) is 10.9 Å². The highest BCUT2D eigenvalue weighted by molar-refractivity contribution is 7.91. The molecular weight excluding hydrogens is 341 g/mol. The number of methoxy groups -OCH3 is 1. The Hall–Kier alpha value is -1.89. The van der Waals surface area contributed by atoms with E-state index in [0.717, 1.165) is 42.5 Å². The van der Waals surface area contributed by atoms with Crippen molar-refractivity contribution in [3.8, 4) is 5.75 Å². The first-order valence-corrected chi connectivity index (χ1v) is 10.5. The summed E-state index contributed by atoms with van der Waals surface area (Å²) in [6.45, 7) is 1.86. The van der Waals surface area contributed by atoms with Gasteiger partial charge in [-0.2, -0.15) is 0 Å². The minimum absolute atomic E-state index is 0.206. The summed E-state index contributed by atoms with van der Waals surface area (Å²) < 4.78 is 38.4. The molecule has 1 spiro atoms. The van der Waals surface area contributed by atoms with Crippen LogP contribution >= 0.6 is 0 Å². The zero-order valence-corrected chi connectivity index (χ0v) is 15.2. The van der Waals surface area contributed by atoms with Gasteiger partial charge in [-0.25, -0.2) is 4.39 Å². The summed E-state index contributed by atoms with van der Waals surface area (Å²) in [5.41, 5.74) is 2.01. The molecule has 25 heavy (non-hydrogen) atoms. The quantitative estimate of drug-likeness (QED) is 0.905. The molecule has 1 aliphatic heterocycles. The lowest BCUT2D eigenvalue weighted by atomic mass is 9.58. The first-order valence-electron chi connectivity index (χ1n) is 8.37. The summed E-state index contributed by atoms with van der Waals surface area (Å²) >= 11 is 0. The number of rotatable bonds is 4. The van der Waals surface area contributed by atoms with Gasteiger partial charge in [0.25, 0.3) is 0 Å². The van der Waals surface area contributed by atoms with Gasteiger partial charge in [-0.3, -0.25) is 14.0 Å². The second-order valence-corrected chi connectivity index (χ2v) is 9.98. The van der Waals surface area contributed by atoms with E-state index >= 15 is 0 Å². The number of anilines is 1. The van der Waals surface area contributed by atoms with Crippen LogP contribution in [0.1, 0.15) is 12.8 Å². The van der Waals surface area contributed by atoms with Crippen LogP contribution in [0.15, 0.2) is 24.4 Å². The molecule has 0 unspecified atom stereocenters. The maximum Gasteiger partial charge on any atom is 0.165 e. The third-order valence-electron chi connectivity index (χ3n) is 5.38. The molecule has 134 valence electrons. The third-order valence-corrected chi connectivity index (χ3v) is 6.49. The molecule has 0 amide bonds. The molecule has 1 saturated heterocycles. The van der Waals surface area contributed by atoms with Crippen molar-refractivity contribution in [2.45, 2.75) is 12.8 Å². The van der Waals surface area contributed by atoms with Gasteiger partial charge in [-0.1, -0.05) is 0 Å². The van der Waals surface area contributed by atoms with Gasteiger partial charge in [0.2, 0.25) is 0 Å². The van der Waals surface area contributed by atoms with Crippen molar-refractivity contribution in [1.29, 1.82) is 4.78 Å². The normalized spacial score (nSPS) is 21.6. The molecule has 7 heteroatoms. The van der Waals surface area contributed by atoms with Crippen LogP contribution in [-0.4, -0.2) is 41.4 Å². The molecule has 1 aromatic carbocycles. The summed E-state index contributed by atoms with van der Waals surface area (Å²) in [4.78, 5) is 6.59. The highest BCUT2D eigenvalue weighted by Crippen LogP contribution is 2.53. The Labute approximate surface area is 147 Å². The summed E-state index contributed by atoms with van der Waals surface area (Å²) in [6, 6.07) is 5.06. The molecular formula is C18H22FN3O2S. The van der Waals surface area contributed by atoms with Crippen molar-refractivity contribution in [2.75, 3.05) is 37.1 Å². The number of fused-ring (bicyclic) bond motifs is 1. The van der Waals surface area contributed by atoms with Crippen LogP contribution in [0, 0.1) is 21.9 Å². The molecule has 1 atom stereocenters. The van der Waals surface area contributed by atoms with Crippen molar-refractivity contribution in [3.05, 3.63) is 30.2 Å². The lowest BCUT2D eigenvalue weighted by Gasteiger charge is -2.60. The lowest BCUT2D eigenvalue weighted by molar-refractivity contribution is 0.0358. The largest absolute Gasteiger partial charge is 0.494 e. The standard InChI is InChI=1S/C18H22FN3O2S/c1-24-17-6-15-13(5-14(17)19)16(3-4-21-15)22-10-18(11-22)7-12(8-18)9-25(2,20)23/h3-6,12,20H,7-11H2,1-2H3/t25-/m1/s1. The second kappa shape index (κ2) is 5.56. The number of nitrogens with one attached hydrogen (secondary N) is 1. The highest BCUT2D eigenvalue weighted by atomic mass is 32.2. The van der Waals surface area contributed by atoms with Gasteiger partial charge in [0.15, 0.2) is 11.6 Å². The van der Waals surface area contributed by atoms with Crippen LogP contribution in [-0.2, 0) is 9.73 Å². The topological polar surface area (TPSA) is 66.3 Å². The van der Waals surface area contributed by atoms with E-state index in [2.05, 4.69) is 9.88 Å². The van der Waals surface area contributed by atoms with Gasteiger partial charge in [-0.05, 0) is 30.9 Å². The van der Waals surface area contributed by atoms with E-state index in [1.165, 1.54) is 19.4 Å². The Bertz CT molecular complexity index is 931. The Morgan fingerprint density at radius 3 is 2.80 bits per heavy atom. The van der Waals surface area contributed by atoms with Crippen molar-refractivity contribution in [2.24, 2.45) is 11.3 Å². The van der Waals surface area contributed by atoms with E-state index in [4.69, 9.17) is 9.52 Å². The van der Waals surface area contributed by atoms with E-state index in [9.17, 15) is 8.60 Å². The van der Waals surface area contributed by atoms with Gasteiger partial charge in [0.05, 0.1) is 12.6 Å². The first kappa shape index (κ1) is 16.6. The molecule has 1 aliphatic carbocycles. The number of aromatic nitrogens is 1. The zero-order valence-electron chi connectivity index (χ0n) is 14.4. The van der Waals surface area contributed by atoms with Crippen molar-refractivity contribution in [3.63, 3.8) is 0 Å². The van der Waals surface area contributed by atoms with E-state index in [-0.39, 0.29) is 17.0 Å². The predicted octanol–water partition coefficient (Wildman–Crippen LogP) is 3.28. The van der Waals surface area contributed by atoms with Crippen LogP contribution in [0.3, 0.4) is 0 Å². The summed E-state index contributed by atoms with van der Waals surface area (Å²) in [6.07, 6.45) is 5.35. The number of nitrogens with zero attached hydrogens (tertiary/aromatic N) is 2. The molecule has 4 rings (SSSR count). The van der Waals surface area contributed by atoms with Gasteiger partial charge in [0.1, 0.15) is 0 Å². The van der Waals surface area contributed by atoms with Crippen LogP contribution in [0.4, 0.5) is 10.1 Å². The number of hydrogen-bond donors (Lipinski definition) is 1. The minimum Gasteiger partial charge on any atom is -0.494 e. The lowest BCUT2D eigenvalue weighted by Crippen LogP contribution is -2.63. The molecule has 2 aromatic rings. The fraction of sp³-hybridized carbons (Fsp3) is 0.500. The second-order valence-electron chi connectivity index (χ2n) is 7.64. The van der Waals surface area contributed by atoms with Crippen LogP contribution in [0.2, 0.25) is 0 Å². The van der Waals surface area contributed by atoms with Crippen LogP contribution < -0.4 is 9.64 Å². The van der Waals surface area contributed by atoms with Gasteiger partial charge in [-0.15, -0.1) is 0 Å². The number of halogens is 1. The Morgan fingerprint density at radius 1 is 1.44 bits per heavy atom. The molecule has 0 radical (unpaired) electrons. The summed E-state index contributed by atoms with van der Waals surface area (Å²) in [7, 11) is -0.950. The highest BCUT2D eigenvalue weighted by Gasteiger charge is 2.52. The fourth-order valence-electron chi connectivity index (χ4n) is 4.49. The number of pyridine rings is 1. The smallest absolute Gasteiger partial charge is 0.165 e. The molecule has 1 N–H and O–H groups in total. The van der Waals surface area contributed by atoms with Crippen LogP contribution in [0.5, 0.6) is 5.75 Å². The summed E-state index contributed by atoms with van der Waals surface area (Å²) in [5, 5.41) is 0.800. The molecule has 2 aliphatic rings. The number of hydrogen-bond acceptors (Lipinski definition) is 5. The number of benzene rings is 1. The Kier molecular flexibility index (Phi) is 3.68. The predicted molar refractivity (Wildman–Crippen MR) is 97.3 cm³/mol. The molecule has 1 saturated carbocycles.